The van der Waals surface area contributed by atoms with Crippen molar-refractivity contribution in [1.82, 2.24) is 15.3 Å². The Bertz CT molecular complexity index is 630. The molecule has 0 atom stereocenters. The topological polar surface area (TPSA) is 66.9 Å². The number of aryl methyl sites for hydroxylation is 1. The third-order valence-corrected chi connectivity index (χ3v) is 3.35. The Morgan fingerprint density at radius 3 is 2.90 bits per heavy atom. The van der Waals surface area contributed by atoms with Gasteiger partial charge in [-0.3, -0.25) is 9.78 Å². The molecular formula is C14H15BrN4O. The van der Waals surface area contributed by atoms with Crippen LogP contribution in [0, 0.1) is 6.92 Å². The molecule has 20 heavy (non-hydrogen) atoms. The SMILES string of the molecule is CNc1ncc(Br)cc1C(=O)NCc1ccncc1C. The van der Waals surface area contributed by atoms with Crippen LogP contribution >= 0.6 is 15.9 Å². The van der Waals surface area contributed by atoms with Crippen molar-refractivity contribution in [2.45, 2.75) is 13.5 Å². The van der Waals surface area contributed by atoms with Crippen LogP contribution in [0.5, 0.6) is 0 Å². The number of pyridine rings is 2. The van der Waals surface area contributed by atoms with Crippen molar-refractivity contribution in [3.05, 3.63) is 51.9 Å². The van der Waals surface area contributed by atoms with Crippen molar-refractivity contribution < 1.29 is 4.79 Å². The van der Waals surface area contributed by atoms with E-state index in [0.717, 1.165) is 15.6 Å². The second-order valence-corrected chi connectivity index (χ2v) is 5.20. The highest BCUT2D eigenvalue weighted by Gasteiger charge is 2.12. The largest absolute Gasteiger partial charge is 0.372 e. The van der Waals surface area contributed by atoms with Gasteiger partial charge in [0.1, 0.15) is 5.82 Å². The first-order valence-corrected chi connectivity index (χ1v) is 6.92. The summed E-state index contributed by atoms with van der Waals surface area (Å²) in [6.07, 6.45) is 5.14. The molecule has 0 aliphatic carbocycles. The summed E-state index contributed by atoms with van der Waals surface area (Å²) in [5, 5.41) is 5.80. The van der Waals surface area contributed by atoms with Crippen molar-refractivity contribution in [3.63, 3.8) is 0 Å². The van der Waals surface area contributed by atoms with Crippen molar-refractivity contribution in [2.24, 2.45) is 0 Å². The van der Waals surface area contributed by atoms with Gasteiger partial charge in [-0.25, -0.2) is 4.98 Å². The van der Waals surface area contributed by atoms with Crippen LogP contribution in [0.1, 0.15) is 21.5 Å². The highest BCUT2D eigenvalue weighted by molar-refractivity contribution is 9.10. The van der Waals surface area contributed by atoms with Crippen LogP contribution in [0.25, 0.3) is 0 Å². The monoisotopic (exact) mass is 334 g/mol. The molecular weight excluding hydrogens is 320 g/mol. The van der Waals surface area contributed by atoms with Gasteiger partial charge in [-0.05, 0) is 46.1 Å². The van der Waals surface area contributed by atoms with E-state index in [0.29, 0.717) is 17.9 Å². The molecule has 6 heteroatoms. The first-order valence-electron chi connectivity index (χ1n) is 6.13. The standard InChI is InChI=1S/C14H15BrN4O/c1-9-6-17-4-3-10(9)7-19-14(20)12-5-11(15)8-18-13(12)16-2/h3-6,8H,7H2,1-2H3,(H,16,18)(H,19,20). The van der Waals surface area contributed by atoms with Gasteiger partial charge in [-0.2, -0.15) is 0 Å². The smallest absolute Gasteiger partial charge is 0.255 e. The van der Waals surface area contributed by atoms with E-state index in [1.807, 2.05) is 13.0 Å². The van der Waals surface area contributed by atoms with Crippen LogP contribution in [0.15, 0.2) is 35.2 Å². The second-order valence-electron chi connectivity index (χ2n) is 4.28. The Labute approximate surface area is 126 Å². The highest BCUT2D eigenvalue weighted by atomic mass is 79.9. The molecule has 0 bridgehead atoms. The predicted octanol–water partition coefficient (Wildman–Crippen LogP) is 2.52. The number of rotatable bonds is 4. The molecule has 0 aliphatic rings. The highest BCUT2D eigenvalue weighted by Crippen LogP contribution is 2.17. The van der Waals surface area contributed by atoms with Gasteiger partial charge in [0.2, 0.25) is 0 Å². The van der Waals surface area contributed by atoms with E-state index in [1.165, 1.54) is 0 Å². The van der Waals surface area contributed by atoms with Crippen LogP contribution in [-0.4, -0.2) is 22.9 Å². The minimum absolute atomic E-state index is 0.167. The molecule has 0 fully saturated rings. The fourth-order valence-electron chi connectivity index (χ4n) is 1.78. The Balaban J connectivity index is 2.13. The summed E-state index contributed by atoms with van der Waals surface area (Å²) in [6, 6.07) is 3.64. The lowest BCUT2D eigenvalue weighted by Gasteiger charge is -2.10. The molecule has 0 radical (unpaired) electrons. The average molecular weight is 335 g/mol. The molecule has 0 aliphatic heterocycles. The summed E-state index contributed by atoms with van der Waals surface area (Å²) in [7, 11) is 1.74. The molecule has 0 spiro atoms. The number of nitrogens with zero attached hydrogens (tertiary/aromatic N) is 2. The molecule has 2 aromatic rings. The van der Waals surface area contributed by atoms with Crippen molar-refractivity contribution in [3.8, 4) is 0 Å². The summed E-state index contributed by atoms with van der Waals surface area (Å²) in [5.41, 5.74) is 2.60. The van der Waals surface area contributed by atoms with Gasteiger partial charge in [0, 0.05) is 36.7 Å². The van der Waals surface area contributed by atoms with Gasteiger partial charge >= 0.3 is 0 Å². The fraction of sp³-hybridized carbons (Fsp3) is 0.214. The number of amides is 1. The van der Waals surface area contributed by atoms with Gasteiger partial charge in [-0.15, -0.1) is 0 Å². The van der Waals surface area contributed by atoms with Gasteiger partial charge < -0.3 is 10.6 Å². The van der Waals surface area contributed by atoms with Crippen molar-refractivity contribution >= 4 is 27.7 Å². The summed E-state index contributed by atoms with van der Waals surface area (Å²) < 4.78 is 0.766. The summed E-state index contributed by atoms with van der Waals surface area (Å²) >= 11 is 3.32. The van der Waals surface area contributed by atoms with Gasteiger partial charge in [0.15, 0.2) is 0 Å². The van der Waals surface area contributed by atoms with E-state index in [9.17, 15) is 4.79 Å². The molecule has 104 valence electrons. The quantitative estimate of drug-likeness (QED) is 0.901. The lowest BCUT2D eigenvalue weighted by molar-refractivity contribution is 0.0951. The molecule has 0 saturated carbocycles. The lowest BCUT2D eigenvalue weighted by Crippen LogP contribution is -2.24. The number of aromatic nitrogens is 2. The Kier molecular flexibility index (Phi) is 4.68. The molecule has 2 heterocycles. The number of nitrogens with one attached hydrogen (secondary N) is 2. The molecule has 2 rings (SSSR count). The third-order valence-electron chi connectivity index (χ3n) is 2.91. The molecule has 0 saturated heterocycles. The van der Waals surface area contributed by atoms with E-state index in [1.54, 1.807) is 31.7 Å². The van der Waals surface area contributed by atoms with E-state index in [-0.39, 0.29) is 5.91 Å². The number of carbonyl (C=O) groups excluding carboxylic acids is 1. The zero-order chi connectivity index (χ0) is 14.5. The normalized spacial score (nSPS) is 10.2. The van der Waals surface area contributed by atoms with E-state index in [4.69, 9.17) is 0 Å². The van der Waals surface area contributed by atoms with E-state index in [2.05, 4.69) is 36.5 Å². The first kappa shape index (κ1) is 14.5. The van der Waals surface area contributed by atoms with Crippen molar-refractivity contribution in [2.75, 3.05) is 12.4 Å². The summed E-state index contributed by atoms with van der Waals surface area (Å²) in [5.74, 6) is 0.386. The predicted molar refractivity (Wildman–Crippen MR) is 81.6 cm³/mol. The average Bonchev–Trinajstić information content (AvgIpc) is 2.46. The maximum atomic E-state index is 12.2. The number of hydrogen-bond acceptors (Lipinski definition) is 4. The molecule has 0 aromatic carbocycles. The van der Waals surface area contributed by atoms with Crippen molar-refractivity contribution in [1.29, 1.82) is 0 Å². The second kappa shape index (κ2) is 6.47. The summed E-state index contributed by atoms with van der Waals surface area (Å²) in [6.45, 7) is 2.43. The minimum atomic E-state index is -0.167. The molecule has 2 N–H and O–H groups in total. The van der Waals surface area contributed by atoms with E-state index >= 15 is 0 Å². The van der Waals surface area contributed by atoms with Crippen LogP contribution in [-0.2, 0) is 6.54 Å². The van der Waals surface area contributed by atoms with Gasteiger partial charge in [0.05, 0.1) is 5.56 Å². The number of carbonyl (C=O) groups is 1. The Morgan fingerprint density at radius 2 is 2.20 bits per heavy atom. The minimum Gasteiger partial charge on any atom is -0.372 e. The van der Waals surface area contributed by atoms with Crippen LogP contribution in [0.3, 0.4) is 0 Å². The van der Waals surface area contributed by atoms with Crippen LogP contribution in [0.2, 0.25) is 0 Å². The van der Waals surface area contributed by atoms with Gasteiger partial charge in [0.25, 0.3) is 5.91 Å². The molecule has 1 amide bonds. The zero-order valence-electron chi connectivity index (χ0n) is 11.3. The Morgan fingerprint density at radius 1 is 1.40 bits per heavy atom. The maximum absolute atomic E-state index is 12.2. The van der Waals surface area contributed by atoms with Crippen LogP contribution < -0.4 is 10.6 Å². The third kappa shape index (κ3) is 3.33. The lowest BCUT2D eigenvalue weighted by atomic mass is 10.1. The molecule has 5 nitrogen and oxygen atoms in total. The number of halogens is 1. The number of anilines is 1. The number of hydrogen-bond donors (Lipinski definition) is 2. The molecule has 2 aromatic heterocycles. The van der Waals surface area contributed by atoms with E-state index < -0.39 is 0 Å². The zero-order valence-corrected chi connectivity index (χ0v) is 12.9. The summed E-state index contributed by atoms with van der Waals surface area (Å²) in [4.78, 5) is 20.4. The fourth-order valence-corrected chi connectivity index (χ4v) is 2.11. The van der Waals surface area contributed by atoms with Crippen LogP contribution in [0.4, 0.5) is 5.82 Å². The molecule has 0 unspecified atom stereocenters. The van der Waals surface area contributed by atoms with Gasteiger partial charge in [-0.1, -0.05) is 0 Å². The maximum Gasteiger partial charge on any atom is 0.255 e. The Hall–Kier alpha value is -1.95. The first-order chi connectivity index (χ1) is 9.61.